The molecule has 0 spiro atoms. The first-order valence-electron chi connectivity index (χ1n) is 6.26. The molecule has 17 heavy (non-hydrogen) atoms. The molecular weight excluding hydrogens is 212 g/mol. The smallest absolute Gasteiger partial charge is 0.182 e. The molecule has 0 radical (unpaired) electrons. The van der Waals surface area contributed by atoms with Gasteiger partial charge in [0, 0.05) is 23.9 Å². The van der Waals surface area contributed by atoms with Crippen LogP contribution in [0.5, 0.6) is 0 Å². The summed E-state index contributed by atoms with van der Waals surface area (Å²) in [5.41, 5.74) is 0.978. The van der Waals surface area contributed by atoms with Gasteiger partial charge in [-0.3, -0.25) is 10.1 Å². The molecule has 2 aromatic rings. The molecule has 0 atom stereocenters. The van der Waals surface area contributed by atoms with Crippen LogP contribution in [0, 0.1) is 0 Å². The second-order valence-corrected chi connectivity index (χ2v) is 4.62. The van der Waals surface area contributed by atoms with Crippen molar-refractivity contribution in [1.82, 2.24) is 20.2 Å². The van der Waals surface area contributed by atoms with Gasteiger partial charge >= 0.3 is 0 Å². The molecule has 0 amide bonds. The summed E-state index contributed by atoms with van der Waals surface area (Å²) in [5, 5.41) is 7.37. The normalized spacial score (nSPS) is 17.2. The molecule has 1 aliphatic rings. The Morgan fingerprint density at radius 2 is 2.06 bits per heavy atom. The van der Waals surface area contributed by atoms with Crippen molar-refractivity contribution in [3.05, 3.63) is 30.4 Å². The predicted molar refractivity (Wildman–Crippen MR) is 65.4 cm³/mol. The van der Waals surface area contributed by atoms with Gasteiger partial charge < -0.3 is 0 Å². The SMILES string of the molecule is c1cncc(-c2n[nH]c(C3CCCCC3)n2)c1. The van der Waals surface area contributed by atoms with Gasteiger partial charge in [-0.25, -0.2) is 4.98 Å². The van der Waals surface area contributed by atoms with Crippen molar-refractivity contribution in [2.75, 3.05) is 0 Å². The van der Waals surface area contributed by atoms with Crippen LogP contribution >= 0.6 is 0 Å². The summed E-state index contributed by atoms with van der Waals surface area (Å²) in [6.07, 6.45) is 10.0. The van der Waals surface area contributed by atoms with E-state index < -0.39 is 0 Å². The Labute approximate surface area is 101 Å². The fraction of sp³-hybridized carbons (Fsp3) is 0.462. The number of nitrogens with zero attached hydrogens (tertiary/aromatic N) is 3. The zero-order chi connectivity index (χ0) is 11.5. The molecule has 0 unspecified atom stereocenters. The van der Waals surface area contributed by atoms with Gasteiger partial charge in [0.05, 0.1) is 0 Å². The standard InChI is InChI=1S/C13H16N4/c1-2-5-10(6-3-1)12-15-13(17-16-12)11-7-4-8-14-9-11/h4,7-10H,1-3,5-6H2,(H,15,16,17). The molecule has 2 aromatic heterocycles. The fourth-order valence-electron chi connectivity index (χ4n) is 2.46. The Hall–Kier alpha value is -1.71. The number of pyridine rings is 1. The molecule has 4 nitrogen and oxygen atoms in total. The van der Waals surface area contributed by atoms with E-state index in [0.29, 0.717) is 5.92 Å². The maximum Gasteiger partial charge on any atom is 0.182 e. The van der Waals surface area contributed by atoms with Crippen molar-refractivity contribution >= 4 is 0 Å². The van der Waals surface area contributed by atoms with E-state index in [9.17, 15) is 0 Å². The molecule has 1 saturated carbocycles. The molecule has 4 heteroatoms. The monoisotopic (exact) mass is 228 g/mol. The lowest BCUT2D eigenvalue weighted by atomic mass is 9.89. The second kappa shape index (κ2) is 4.65. The Bertz CT molecular complexity index is 471. The summed E-state index contributed by atoms with van der Waals surface area (Å²) in [4.78, 5) is 8.69. The van der Waals surface area contributed by atoms with E-state index in [1.165, 1.54) is 32.1 Å². The van der Waals surface area contributed by atoms with Crippen molar-refractivity contribution in [3.8, 4) is 11.4 Å². The number of rotatable bonds is 2. The Morgan fingerprint density at radius 3 is 2.82 bits per heavy atom. The van der Waals surface area contributed by atoms with Crippen LogP contribution in [-0.4, -0.2) is 20.2 Å². The third kappa shape index (κ3) is 2.20. The van der Waals surface area contributed by atoms with E-state index in [-0.39, 0.29) is 0 Å². The maximum atomic E-state index is 4.60. The minimum atomic E-state index is 0.571. The van der Waals surface area contributed by atoms with Crippen molar-refractivity contribution in [2.45, 2.75) is 38.0 Å². The molecule has 3 rings (SSSR count). The number of hydrogen-bond acceptors (Lipinski definition) is 3. The molecule has 2 heterocycles. The Kier molecular flexibility index (Phi) is 2.86. The van der Waals surface area contributed by atoms with Gasteiger partial charge in [0.1, 0.15) is 5.82 Å². The van der Waals surface area contributed by atoms with Crippen LogP contribution in [0.2, 0.25) is 0 Å². The summed E-state index contributed by atoms with van der Waals surface area (Å²) < 4.78 is 0. The van der Waals surface area contributed by atoms with E-state index in [4.69, 9.17) is 0 Å². The molecular formula is C13H16N4. The lowest BCUT2D eigenvalue weighted by Crippen LogP contribution is -2.06. The second-order valence-electron chi connectivity index (χ2n) is 4.62. The zero-order valence-corrected chi connectivity index (χ0v) is 9.76. The number of nitrogens with one attached hydrogen (secondary N) is 1. The van der Waals surface area contributed by atoms with Crippen molar-refractivity contribution in [2.24, 2.45) is 0 Å². The van der Waals surface area contributed by atoms with Gasteiger partial charge in [0.2, 0.25) is 0 Å². The summed E-state index contributed by atoms with van der Waals surface area (Å²) in [6.45, 7) is 0. The van der Waals surface area contributed by atoms with Crippen LogP contribution < -0.4 is 0 Å². The Balaban J connectivity index is 1.83. The summed E-state index contributed by atoms with van der Waals surface area (Å²) >= 11 is 0. The molecule has 88 valence electrons. The van der Waals surface area contributed by atoms with Gasteiger partial charge in [-0.1, -0.05) is 19.3 Å². The Morgan fingerprint density at radius 1 is 1.18 bits per heavy atom. The lowest BCUT2D eigenvalue weighted by molar-refractivity contribution is 0.429. The highest BCUT2D eigenvalue weighted by atomic mass is 15.2. The number of aromatic amines is 1. The number of hydrogen-bond donors (Lipinski definition) is 1. The average Bonchev–Trinajstić information content (AvgIpc) is 2.90. The quantitative estimate of drug-likeness (QED) is 0.859. The fourth-order valence-corrected chi connectivity index (χ4v) is 2.46. The third-order valence-corrected chi connectivity index (χ3v) is 3.41. The minimum absolute atomic E-state index is 0.571. The molecule has 1 aliphatic carbocycles. The number of aromatic nitrogens is 4. The maximum absolute atomic E-state index is 4.60. The topological polar surface area (TPSA) is 54.5 Å². The predicted octanol–water partition coefficient (Wildman–Crippen LogP) is 2.91. The van der Waals surface area contributed by atoms with Gasteiger partial charge in [-0.05, 0) is 25.0 Å². The molecule has 0 aromatic carbocycles. The van der Waals surface area contributed by atoms with Gasteiger partial charge in [-0.2, -0.15) is 5.10 Å². The number of H-pyrrole nitrogens is 1. The van der Waals surface area contributed by atoms with E-state index in [2.05, 4.69) is 20.2 Å². The van der Waals surface area contributed by atoms with Crippen molar-refractivity contribution in [1.29, 1.82) is 0 Å². The van der Waals surface area contributed by atoms with Crippen molar-refractivity contribution in [3.63, 3.8) is 0 Å². The van der Waals surface area contributed by atoms with E-state index >= 15 is 0 Å². The highest BCUT2D eigenvalue weighted by Crippen LogP contribution is 2.31. The van der Waals surface area contributed by atoms with E-state index in [0.717, 1.165) is 17.2 Å². The van der Waals surface area contributed by atoms with Crippen LogP contribution in [0.4, 0.5) is 0 Å². The van der Waals surface area contributed by atoms with E-state index in [1.54, 1.807) is 12.4 Å². The zero-order valence-electron chi connectivity index (χ0n) is 9.76. The van der Waals surface area contributed by atoms with Gasteiger partial charge in [0.15, 0.2) is 5.82 Å². The lowest BCUT2D eigenvalue weighted by Gasteiger charge is -2.18. The van der Waals surface area contributed by atoms with Crippen molar-refractivity contribution < 1.29 is 0 Å². The highest BCUT2D eigenvalue weighted by Gasteiger charge is 2.19. The summed E-state index contributed by atoms with van der Waals surface area (Å²) in [5.74, 6) is 2.38. The van der Waals surface area contributed by atoms with Gasteiger partial charge in [-0.15, -0.1) is 0 Å². The summed E-state index contributed by atoms with van der Waals surface area (Å²) in [7, 11) is 0. The van der Waals surface area contributed by atoms with Crippen LogP contribution in [-0.2, 0) is 0 Å². The molecule has 0 bridgehead atoms. The van der Waals surface area contributed by atoms with Crippen LogP contribution in [0.15, 0.2) is 24.5 Å². The molecule has 0 saturated heterocycles. The van der Waals surface area contributed by atoms with Crippen LogP contribution in [0.3, 0.4) is 0 Å². The first kappa shape index (κ1) is 10.4. The van der Waals surface area contributed by atoms with Crippen LogP contribution in [0.25, 0.3) is 11.4 Å². The molecule has 1 N–H and O–H groups in total. The average molecular weight is 228 g/mol. The van der Waals surface area contributed by atoms with E-state index in [1.807, 2.05) is 12.1 Å². The third-order valence-electron chi connectivity index (χ3n) is 3.41. The molecule has 1 fully saturated rings. The molecule has 0 aliphatic heterocycles. The summed E-state index contributed by atoms with van der Waals surface area (Å²) in [6, 6.07) is 3.90. The first-order valence-corrected chi connectivity index (χ1v) is 6.26. The van der Waals surface area contributed by atoms with Crippen LogP contribution in [0.1, 0.15) is 43.8 Å². The largest absolute Gasteiger partial charge is 0.264 e. The first-order chi connectivity index (χ1) is 8.43. The highest BCUT2D eigenvalue weighted by molar-refractivity contribution is 5.52. The minimum Gasteiger partial charge on any atom is -0.264 e. The van der Waals surface area contributed by atoms with Gasteiger partial charge in [0.25, 0.3) is 0 Å².